The average molecular weight is 286 g/mol. The number of rotatable bonds is 4. The maximum atomic E-state index is 11.1. The van der Waals surface area contributed by atoms with Gasteiger partial charge in [0.05, 0.1) is 0 Å². The summed E-state index contributed by atoms with van der Waals surface area (Å²) in [5, 5.41) is 0. The average Bonchev–Trinajstić information content (AvgIpc) is 2.58. The second-order valence-corrected chi connectivity index (χ2v) is 3.85. The number of ether oxygens (including phenoxy) is 1. The zero-order valence-electron chi connectivity index (χ0n) is 13.7. The largest absolute Gasteiger partial charge is 0.489 e. The molecular weight excluding hydrogens is 260 g/mol. The molecule has 0 saturated carbocycles. The van der Waals surface area contributed by atoms with Gasteiger partial charge in [-0.25, -0.2) is 0 Å². The predicted octanol–water partition coefficient (Wildman–Crippen LogP) is 5.52. The molecule has 0 radical (unpaired) electrons. The van der Waals surface area contributed by atoms with Crippen LogP contribution in [0.1, 0.15) is 50.5 Å². The molecule has 0 heterocycles. The Kier molecular flexibility index (Phi) is 10.5. The van der Waals surface area contributed by atoms with Crippen LogP contribution in [0.5, 0.6) is 5.75 Å². The van der Waals surface area contributed by atoms with E-state index in [0.29, 0.717) is 12.2 Å². The highest BCUT2D eigenvalue weighted by Crippen LogP contribution is 2.14. The first kappa shape index (κ1) is 18.9. The van der Waals surface area contributed by atoms with Crippen LogP contribution in [-0.2, 0) is 6.61 Å². The van der Waals surface area contributed by atoms with E-state index >= 15 is 0 Å². The van der Waals surface area contributed by atoms with E-state index in [9.17, 15) is 4.79 Å². The van der Waals surface area contributed by atoms with Crippen molar-refractivity contribution < 1.29 is 9.53 Å². The van der Waals surface area contributed by atoms with Crippen molar-refractivity contribution in [1.29, 1.82) is 0 Å². The quantitative estimate of drug-likeness (QED) is 0.692. The van der Waals surface area contributed by atoms with Crippen molar-refractivity contribution >= 4 is 5.78 Å². The van der Waals surface area contributed by atoms with Gasteiger partial charge in [-0.05, 0) is 36.8 Å². The number of carbonyl (C=O) groups excluding carboxylic acids is 1. The maximum Gasteiger partial charge on any atom is 0.159 e. The second kappa shape index (κ2) is 11.7. The van der Waals surface area contributed by atoms with Crippen LogP contribution in [0.2, 0.25) is 0 Å². The SMILES string of the molecule is CC.CC.CC(=O)c1ccc(OCc2ccccc2)cc1. The van der Waals surface area contributed by atoms with Gasteiger partial charge in [0.2, 0.25) is 0 Å². The van der Waals surface area contributed by atoms with Gasteiger partial charge in [-0.2, -0.15) is 0 Å². The minimum absolute atomic E-state index is 0.0691. The number of carbonyl (C=O) groups is 1. The van der Waals surface area contributed by atoms with Crippen LogP contribution in [0.3, 0.4) is 0 Å². The third-order valence-corrected chi connectivity index (χ3v) is 2.51. The fourth-order valence-electron chi connectivity index (χ4n) is 1.53. The minimum atomic E-state index is 0.0691. The molecule has 0 amide bonds. The molecule has 2 nitrogen and oxygen atoms in total. The Balaban J connectivity index is 0.000000921. The van der Waals surface area contributed by atoms with Crippen LogP contribution in [0, 0.1) is 0 Å². The van der Waals surface area contributed by atoms with Gasteiger partial charge in [0.25, 0.3) is 0 Å². The van der Waals surface area contributed by atoms with E-state index in [4.69, 9.17) is 4.74 Å². The van der Waals surface area contributed by atoms with Crippen molar-refractivity contribution in [3.05, 3.63) is 65.7 Å². The van der Waals surface area contributed by atoms with Gasteiger partial charge in [0.1, 0.15) is 12.4 Å². The fraction of sp³-hybridized carbons (Fsp3) is 0.316. The third kappa shape index (κ3) is 7.31. The lowest BCUT2D eigenvalue weighted by atomic mass is 10.1. The summed E-state index contributed by atoms with van der Waals surface area (Å²) in [7, 11) is 0. The van der Waals surface area contributed by atoms with E-state index in [1.807, 2.05) is 70.2 Å². The predicted molar refractivity (Wildman–Crippen MR) is 89.9 cm³/mol. The van der Waals surface area contributed by atoms with Gasteiger partial charge < -0.3 is 4.74 Å². The molecule has 0 spiro atoms. The number of hydrogen-bond acceptors (Lipinski definition) is 2. The van der Waals surface area contributed by atoms with Gasteiger partial charge >= 0.3 is 0 Å². The molecule has 0 N–H and O–H groups in total. The van der Waals surface area contributed by atoms with E-state index in [0.717, 1.165) is 11.3 Å². The molecular formula is C19H26O2. The number of hydrogen-bond donors (Lipinski definition) is 0. The van der Waals surface area contributed by atoms with Gasteiger partial charge in [0.15, 0.2) is 5.78 Å². The first-order valence-corrected chi connectivity index (χ1v) is 7.53. The Bertz CT molecular complexity index is 487. The van der Waals surface area contributed by atoms with Crippen LogP contribution in [0.15, 0.2) is 54.6 Å². The van der Waals surface area contributed by atoms with Crippen LogP contribution < -0.4 is 4.74 Å². The molecule has 21 heavy (non-hydrogen) atoms. The smallest absolute Gasteiger partial charge is 0.159 e. The summed E-state index contributed by atoms with van der Waals surface area (Å²) in [6.07, 6.45) is 0. The van der Waals surface area contributed by atoms with E-state index in [2.05, 4.69) is 0 Å². The molecule has 2 rings (SSSR count). The van der Waals surface area contributed by atoms with Crippen LogP contribution in [-0.4, -0.2) is 5.78 Å². The van der Waals surface area contributed by atoms with E-state index in [1.54, 1.807) is 19.1 Å². The Morgan fingerprint density at radius 2 is 1.38 bits per heavy atom. The van der Waals surface area contributed by atoms with E-state index in [1.165, 1.54) is 0 Å². The summed E-state index contributed by atoms with van der Waals surface area (Å²) in [4.78, 5) is 11.1. The summed E-state index contributed by atoms with van der Waals surface area (Å²) in [6.45, 7) is 10.1. The summed E-state index contributed by atoms with van der Waals surface area (Å²) in [6, 6.07) is 17.2. The molecule has 0 fully saturated rings. The van der Waals surface area contributed by atoms with Crippen molar-refractivity contribution in [2.24, 2.45) is 0 Å². The summed E-state index contributed by atoms with van der Waals surface area (Å²) in [5.41, 5.74) is 1.83. The van der Waals surface area contributed by atoms with Crippen LogP contribution in [0.4, 0.5) is 0 Å². The third-order valence-electron chi connectivity index (χ3n) is 2.51. The Hall–Kier alpha value is -2.09. The van der Waals surface area contributed by atoms with Crippen molar-refractivity contribution in [2.45, 2.75) is 41.2 Å². The monoisotopic (exact) mass is 286 g/mol. The maximum absolute atomic E-state index is 11.1. The molecule has 2 heteroatoms. The molecule has 114 valence electrons. The first-order chi connectivity index (χ1) is 10.3. The van der Waals surface area contributed by atoms with Gasteiger partial charge in [0, 0.05) is 5.56 Å². The molecule has 0 atom stereocenters. The Morgan fingerprint density at radius 1 is 0.857 bits per heavy atom. The highest BCUT2D eigenvalue weighted by Gasteiger charge is 1.99. The molecule has 2 aromatic rings. The lowest BCUT2D eigenvalue weighted by Gasteiger charge is -2.06. The molecule has 0 aliphatic carbocycles. The zero-order chi connectivity index (χ0) is 16.1. The summed E-state index contributed by atoms with van der Waals surface area (Å²) in [5.74, 6) is 0.846. The number of Topliss-reactive ketones (excluding diaryl/α,β-unsaturated/α-hetero) is 1. The lowest BCUT2D eigenvalue weighted by Crippen LogP contribution is -1.96. The van der Waals surface area contributed by atoms with Gasteiger partial charge in [-0.15, -0.1) is 0 Å². The van der Waals surface area contributed by atoms with Crippen LogP contribution >= 0.6 is 0 Å². The highest BCUT2D eigenvalue weighted by molar-refractivity contribution is 5.94. The van der Waals surface area contributed by atoms with Gasteiger partial charge in [-0.1, -0.05) is 58.0 Å². The fourth-order valence-corrected chi connectivity index (χ4v) is 1.53. The van der Waals surface area contributed by atoms with Crippen molar-refractivity contribution in [3.8, 4) is 5.75 Å². The number of ketones is 1. The van der Waals surface area contributed by atoms with E-state index in [-0.39, 0.29) is 5.78 Å². The lowest BCUT2D eigenvalue weighted by molar-refractivity contribution is 0.101. The topological polar surface area (TPSA) is 26.3 Å². The molecule has 0 aromatic heterocycles. The molecule has 0 aliphatic heterocycles. The molecule has 0 aliphatic rings. The first-order valence-electron chi connectivity index (χ1n) is 7.53. The standard InChI is InChI=1S/C15H14O2.2C2H6/c1-12(16)14-7-9-15(10-8-14)17-11-13-5-3-2-4-6-13;2*1-2/h2-10H,11H2,1H3;2*1-2H3. The molecule has 0 bridgehead atoms. The van der Waals surface area contributed by atoms with Crippen molar-refractivity contribution in [2.75, 3.05) is 0 Å². The minimum Gasteiger partial charge on any atom is -0.489 e. The Labute approximate surface area is 128 Å². The van der Waals surface area contributed by atoms with Crippen molar-refractivity contribution in [3.63, 3.8) is 0 Å². The molecule has 0 saturated heterocycles. The van der Waals surface area contributed by atoms with E-state index < -0.39 is 0 Å². The highest BCUT2D eigenvalue weighted by atomic mass is 16.5. The number of benzene rings is 2. The van der Waals surface area contributed by atoms with Gasteiger partial charge in [-0.3, -0.25) is 4.79 Å². The van der Waals surface area contributed by atoms with Crippen molar-refractivity contribution in [1.82, 2.24) is 0 Å². The van der Waals surface area contributed by atoms with Crippen LogP contribution in [0.25, 0.3) is 0 Å². The molecule has 2 aromatic carbocycles. The summed E-state index contributed by atoms with van der Waals surface area (Å²) < 4.78 is 5.62. The zero-order valence-corrected chi connectivity index (χ0v) is 13.7. The Morgan fingerprint density at radius 3 is 1.86 bits per heavy atom. The normalized spacial score (nSPS) is 8.62. The second-order valence-electron chi connectivity index (χ2n) is 3.85. The summed E-state index contributed by atoms with van der Waals surface area (Å²) >= 11 is 0. The molecule has 0 unspecified atom stereocenters.